The molecule has 3 aromatic rings. The van der Waals surface area contributed by atoms with Crippen LogP contribution < -0.4 is 5.32 Å². The van der Waals surface area contributed by atoms with E-state index in [0.717, 1.165) is 12.2 Å². The Bertz CT molecular complexity index is 894. The van der Waals surface area contributed by atoms with Crippen molar-refractivity contribution in [3.8, 4) is 0 Å². The molecule has 0 heterocycles. The molecule has 3 heteroatoms. The summed E-state index contributed by atoms with van der Waals surface area (Å²) < 4.78 is 0. The van der Waals surface area contributed by atoms with Gasteiger partial charge in [-0.05, 0) is 36.1 Å². The summed E-state index contributed by atoms with van der Waals surface area (Å²) in [5.41, 5.74) is 3.37. The number of nitrogens with one attached hydrogen (secondary N) is 1. The molecule has 1 amide bonds. The molecule has 0 saturated carbocycles. The van der Waals surface area contributed by atoms with E-state index in [4.69, 9.17) is 0 Å². The number of hydrogen-bond donors (Lipinski definition) is 1. The zero-order valence-electron chi connectivity index (χ0n) is 18.2. The summed E-state index contributed by atoms with van der Waals surface area (Å²) in [5.74, 6) is 0.389. The minimum Gasteiger partial charge on any atom is -0.326 e. The lowest BCUT2D eigenvalue weighted by Crippen LogP contribution is -2.42. The smallest absolute Gasteiger partial charge is 0.225 e. The Hall–Kier alpha value is -2.91. The summed E-state index contributed by atoms with van der Waals surface area (Å²) in [5, 5.41) is 3.06. The molecule has 0 aliphatic carbocycles. The number of anilines is 1. The van der Waals surface area contributed by atoms with Gasteiger partial charge in [0.25, 0.3) is 0 Å². The van der Waals surface area contributed by atoms with Gasteiger partial charge in [0, 0.05) is 30.7 Å². The second-order valence-corrected chi connectivity index (χ2v) is 8.17. The molecule has 0 aliphatic heterocycles. The lowest BCUT2D eigenvalue weighted by molar-refractivity contribution is -0.118. The molecule has 0 aliphatic rings. The highest BCUT2D eigenvalue weighted by molar-refractivity contribution is 5.91. The molecule has 0 unspecified atom stereocenters. The third kappa shape index (κ3) is 6.04. The Kier molecular flexibility index (Phi) is 7.81. The quantitative estimate of drug-likeness (QED) is 0.457. The first-order chi connectivity index (χ1) is 14.5. The summed E-state index contributed by atoms with van der Waals surface area (Å²) in [4.78, 5) is 15.4. The maximum absolute atomic E-state index is 12.9. The van der Waals surface area contributed by atoms with Crippen molar-refractivity contribution < 1.29 is 4.79 Å². The highest BCUT2D eigenvalue weighted by Gasteiger charge is 2.29. The molecule has 0 saturated heterocycles. The fourth-order valence-corrected chi connectivity index (χ4v) is 3.92. The van der Waals surface area contributed by atoms with Gasteiger partial charge in [-0.3, -0.25) is 9.69 Å². The van der Waals surface area contributed by atoms with E-state index in [1.165, 1.54) is 11.1 Å². The third-order valence-electron chi connectivity index (χ3n) is 5.64. The topological polar surface area (TPSA) is 32.3 Å². The van der Waals surface area contributed by atoms with Crippen molar-refractivity contribution in [2.75, 3.05) is 5.32 Å². The molecular weight excluding hydrogens is 368 g/mol. The van der Waals surface area contributed by atoms with E-state index >= 15 is 0 Å². The normalized spacial score (nSPS) is 13.2. The number of carbonyl (C=O) groups is 1. The average Bonchev–Trinajstić information content (AvgIpc) is 2.77. The highest BCUT2D eigenvalue weighted by Crippen LogP contribution is 2.29. The number of hydrogen-bond acceptors (Lipinski definition) is 2. The lowest BCUT2D eigenvalue weighted by Gasteiger charge is -2.39. The first-order valence-electron chi connectivity index (χ1n) is 10.7. The van der Waals surface area contributed by atoms with Gasteiger partial charge < -0.3 is 5.32 Å². The van der Waals surface area contributed by atoms with Crippen LogP contribution in [0.2, 0.25) is 0 Å². The summed E-state index contributed by atoms with van der Waals surface area (Å²) >= 11 is 0. The van der Waals surface area contributed by atoms with Crippen molar-refractivity contribution in [2.24, 2.45) is 5.92 Å². The van der Waals surface area contributed by atoms with Gasteiger partial charge in [-0.15, -0.1) is 0 Å². The van der Waals surface area contributed by atoms with E-state index in [1.807, 2.05) is 42.5 Å². The van der Waals surface area contributed by atoms with Crippen molar-refractivity contribution in [3.05, 3.63) is 102 Å². The molecule has 0 aromatic heterocycles. The predicted molar refractivity (Wildman–Crippen MR) is 125 cm³/mol. The van der Waals surface area contributed by atoms with Gasteiger partial charge in [0.15, 0.2) is 0 Å². The van der Waals surface area contributed by atoms with E-state index in [0.29, 0.717) is 12.3 Å². The van der Waals surface area contributed by atoms with Crippen LogP contribution in [0.15, 0.2) is 91.0 Å². The molecule has 3 aromatic carbocycles. The summed E-state index contributed by atoms with van der Waals surface area (Å²) in [6.45, 7) is 7.45. The fraction of sp³-hybridized carbons (Fsp3) is 0.296. The molecule has 3 rings (SSSR count). The molecule has 3 nitrogen and oxygen atoms in total. The first kappa shape index (κ1) is 21.8. The molecule has 156 valence electrons. The third-order valence-corrected chi connectivity index (χ3v) is 5.64. The largest absolute Gasteiger partial charge is 0.326 e. The monoisotopic (exact) mass is 400 g/mol. The number of benzene rings is 3. The van der Waals surface area contributed by atoms with Crippen LogP contribution in [-0.2, 0) is 11.3 Å². The van der Waals surface area contributed by atoms with Crippen LogP contribution in [-0.4, -0.2) is 16.8 Å². The Morgan fingerprint density at radius 1 is 0.800 bits per heavy atom. The van der Waals surface area contributed by atoms with Gasteiger partial charge in [0.2, 0.25) is 5.91 Å². The molecule has 0 radical (unpaired) electrons. The van der Waals surface area contributed by atoms with Crippen molar-refractivity contribution in [1.29, 1.82) is 0 Å². The second kappa shape index (κ2) is 10.7. The maximum atomic E-state index is 12.9. The number of carbonyl (C=O) groups excluding carboxylic acids is 1. The van der Waals surface area contributed by atoms with Gasteiger partial charge in [0.05, 0.1) is 0 Å². The lowest BCUT2D eigenvalue weighted by atomic mass is 9.94. The standard InChI is InChI=1S/C27H32N2O/c1-21(2)26(19-27(30)28-25-17-11-6-12-18-25)29(20-23-13-7-4-8-14-23)22(3)24-15-9-5-10-16-24/h4-18,21-22,26H,19-20H2,1-3H3,(H,28,30)/t22-,26+/m1/s1. The van der Waals surface area contributed by atoms with Gasteiger partial charge in [-0.1, -0.05) is 92.7 Å². The average molecular weight is 401 g/mol. The van der Waals surface area contributed by atoms with Crippen LogP contribution in [0.5, 0.6) is 0 Å². The minimum absolute atomic E-state index is 0.0539. The van der Waals surface area contributed by atoms with Gasteiger partial charge >= 0.3 is 0 Å². The molecular formula is C27H32N2O. The highest BCUT2D eigenvalue weighted by atomic mass is 16.1. The zero-order valence-corrected chi connectivity index (χ0v) is 18.2. The number of rotatable bonds is 9. The number of amides is 1. The van der Waals surface area contributed by atoms with Crippen molar-refractivity contribution >= 4 is 11.6 Å². The predicted octanol–water partition coefficient (Wildman–Crippen LogP) is 6.30. The SMILES string of the molecule is CC(C)[C@H](CC(=O)Nc1ccccc1)N(Cc1ccccc1)[C@H](C)c1ccccc1. The zero-order chi connectivity index (χ0) is 21.3. The number of para-hydroxylation sites is 1. The summed E-state index contributed by atoms with van der Waals surface area (Å²) in [6, 6.07) is 31.1. The first-order valence-corrected chi connectivity index (χ1v) is 10.7. The molecule has 0 fully saturated rings. The molecule has 2 atom stereocenters. The van der Waals surface area contributed by atoms with Crippen LogP contribution in [0.25, 0.3) is 0 Å². The van der Waals surface area contributed by atoms with Gasteiger partial charge in [-0.2, -0.15) is 0 Å². The van der Waals surface area contributed by atoms with Crippen molar-refractivity contribution in [1.82, 2.24) is 4.90 Å². The Labute approximate surface area is 180 Å². The Morgan fingerprint density at radius 3 is 1.90 bits per heavy atom. The Balaban J connectivity index is 1.84. The van der Waals surface area contributed by atoms with Crippen molar-refractivity contribution in [3.63, 3.8) is 0 Å². The van der Waals surface area contributed by atoms with E-state index in [-0.39, 0.29) is 18.0 Å². The summed E-state index contributed by atoms with van der Waals surface area (Å²) in [6.07, 6.45) is 0.455. The van der Waals surface area contributed by atoms with E-state index in [9.17, 15) is 4.79 Å². The van der Waals surface area contributed by atoms with Gasteiger partial charge in [-0.25, -0.2) is 0 Å². The minimum atomic E-state index is 0.0539. The molecule has 0 bridgehead atoms. The van der Waals surface area contributed by atoms with Crippen LogP contribution in [0, 0.1) is 5.92 Å². The Morgan fingerprint density at radius 2 is 1.33 bits per heavy atom. The van der Waals surface area contributed by atoms with Crippen LogP contribution in [0.4, 0.5) is 5.69 Å². The molecule has 1 N–H and O–H groups in total. The van der Waals surface area contributed by atoms with Crippen molar-refractivity contribution in [2.45, 2.75) is 45.8 Å². The van der Waals surface area contributed by atoms with E-state index in [1.54, 1.807) is 0 Å². The molecule has 0 spiro atoms. The number of nitrogens with zero attached hydrogens (tertiary/aromatic N) is 1. The van der Waals surface area contributed by atoms with Crippen LogP contribution >= 0.6 is 0 Å². The fourth-order valence-electron chi connectivity index (χ4n) is 3.92. The summed E-state index contributed by atoms with van der Waals surface area (Å²) in [7, 11) is 0. The van der Waals surface area contributed by atoms with Crippen LogP contribution in [0.3, 0.4) is 0 Å². The van der Waals surface area contributed by atoms with E-state index in [2.05, 4.69) is 79.5 Å². The van der Waals surface area contributed by atoms with E-state index < -0.39 is 0 Å². The maximum Gasteiger partial charge on any atom is 0.225 e. The second-order valence-electron chi connectivity index (χ2n) is 8.17. The van der Waals surface area contributed by atoms with Gasteiger partial charge in [0.1, 0.15) is 0 Å². The molecule has 30 heavy (non-hydrogen) atoms. The van der Waals surface area contributed by atoms with Crippen LogP contribution in [0.1, 0.15) is 44.4 Å².